The average Bonchev–Trinajstić information content (AvgIpc) is 2.14. The first-order valence-corrected chi connectivity index (χ1v) is 6.23. The maximum atomic E-state index is 12.1. The van der Waals surface area contributed by atoms with E-state index in [4.69, 9.17) is 5.26 Å². The minimum absolute atomic E-state index is 0.122. The topological polar surface area (TPSA) is 23.8 Å². The standard InChI is InChI=1S/C10H7F3INS/c11-10(12,13)16-8-4-3-7(2-1-5-15)9(14)6-8/h3-4,6H,1-2H2. The molecule has 0 unspecified atom stereocenters. The number of thioether (sulfide) groups is 1. The van der Waals surface area contributed by atoms with E-state index in [2.05, 4.69) is 0 Å². The quantitative estimate of drug-likeness (QED) is 0.593. The smallest absolute Gasteiger partial charge is 0.198 e. The summed E-state index contributed by atoms with van der Waals surface area (Å²) in [5.74, 6) is 0. The summed E-state index contributed by atoms with van der Waals surface area (Å²) >= 11 is 1.86. The van der Waals surface area contributed by atoms with Gasteiger partial charge in [0, 0.05) is 14.9 Å². The fourth-order valence-electron chi connectivity index (χ4n) is 1.12. The molecule has 1 rings (SSSR count). The highest BCUT2D eigenvalue weighted by Crippen LogP contribution is 2.37. The first kappa shape index (κ1) is 13.6. The molecule has 0 radical (unpaired) electrons. The number of nitriles is 1. The van der Waals surface area contributed by atoms with Crippen molar-refractivity contribution < 1.29 is 13.2 Å². The molecule has 6 heteroatoms. The molecule has 0 N–H and O–H groups in total. The third-order valence-corrected chi connectivity index (χ3v) is 3.49. The second kappa shape index (κ2) is 5.77. The normalized spacial score (nSPS) is 11.2. The minimum Gasteiger partial charge on any atom is -0.198 e. The van der Waals surface area contributed by atoms with Crippen molar-refractivity contribution in [2.45, 2.75) is 23.2 Å². The highest BCUT2D eigenvalue weighted by molar-refractivity contribution is 14.1. The predicted octanol–water partition coefficient (Wildman–Crippen LogP) is 4.36. The molecule has 0 heterocycles. The number of alkyl halides is 3. The molecule has 1 nitrogen and oxygen atoms in total. The van der Waals surface area contributed by atoms with E-state index >= 15 is 0 Å². The summed E-state index contributed by atoms with van der Waals surface area (Å²) < 4.78 is 37.0. The second-order valence-corrected chi connectivity index (χ2v) is 5.26. The molecular weight excluding hydrogens is 350 g/mol. The maximum absolute atomic E-state index is 12.1. The van der Waals surface area contributed by atoms with Gasteiger partial charge in [-0.15, -0.1) is 0 Å². The van der Waals surface area contributed by atoms with Crippen LogP contribution in [0.25, 0.3) is 0 Å². The summed E-state index contributed by atoms with van der Waals surface area (Å²) in [5, 5.41) is 8.42. The van der Waals surface area contributed by atoms with Crippen molar-refractivity contribution in [3.8, 4) is 6.07 Å². The molecule has 1 aromatic carbocycles. The van der Waals surface area contributed by atoms with Crippen LogP contribution in [0.1, 0.15) is 12.0 Å². The third kappa shape index (κ3) is 4.61. The molecule has 0 saturated heterocycles. The summed E-state index contributed by atoms with van der Waals surface area (Å²) in [4.78, 5) is 0.178. The number of benzene rings is 1. The molecular formula is C10H7F3INS. The highest BCUT2D eigenvalue weighted by Gasteiger charge is 2.29. The maximum Gasteiger partial charge on any atom is 0.446 e. The zero-order valence-corrected chi connectivity index (χ0v) is 11.0. The van der Waals surface area contributed by atoms with Crippen molar-refractivity contribution in [3.63, 3.8) is 0 Å². The van der Waals surface area contributed by atoms with E-state index in [0.29, 0.717) is 12.8 Å². The molecule has 1 aromatic rings. The first-order chi connectivity index (χ1) is 7.42. The number of rotatable bonds is 3. The molecule has 86 valence electrons. The zero-order valence-electron chi connectivity index (χ0n) is 8.01. The lowest BCUT2D eigenvalue weighted by atomic mass is 10.1. The third-order valence-electron chi connectivity index (χ3n) is 1.76. The van der Waals surface area contributed by atoms with Crippen LogP contribution in [0.4, 0.5) is 13.2 Å². The van der Waals surface area contributed by atoms with Gasteiger partial charge in [-0.05, 0) is 58.5 Å². The molecule has 0 aliphatic rings. The Balaban J connectivity index is 2.79. The van der Waals surface area contributed by atoms with Crippen molar-refractivity contribution in [2.75, 3.05) is 0 Å². The van der Waals surface area contributed by atoms with E-state index in [0.717, 1.165) is 9.13 Å². The SMILES string of the molecule is N#CCCc1ccc(SC(F)(F)F)cc1I. The van der Waals surface area contributed by atoms with Gasteiger partial charge in [0.15, 0.2) is 0 Å². The summed E-state index contributed by atoms with van der Waals surface area (Å²) in [5.41, 5.74) is -3.34. The van der Waals surface area contributed by atoms with Gasteiger partial charge in [-0.1, -0.05) is 6.07 Å². The van der Waals surface area contributed by atoms with Crippen LogP contribution in [-0.2, 0) is 6.42 Å². The lowest BCUT2D eigenvalue weighted by molar-refractivity contribution is -0.0328. The lowest BCUT2D eigenvalue weighted by Crippen LogP contribution is -1.99. The van der Waals surface area contributed by atoms with E-state index in [1.807, 2.05) is 28.7 Å². The summed E-state index contributed by atoms with van der Waals surface area (Å²) in [6.45, 7) is 0. The van der Waals surface area contributed by atoms with Gasteiger partial charge in [0.05, 0.1) is 6.07 Å². The number of hydrogen-bond acceptors (Lipinski definition) is 2. The Kier molecular flexibility index (Phi) is 4.92. The van der Waals surface area contributed by atoms with Crippen molar-refractivity contribution in [1.82, 2.24) is 0 Å². The Bertz CT molecular complexity index is 412. The van der Waals surface area contributed by atoms with Gasteiger partial charge in [0.2, 0.25) is 0 Å². The van der Waals surface area contributed by atoms with Gasteiger partial charge in [0.25, 0.3) is 0 Å². The Morgan fingerprint density at radius 1 is 1.38 bits per heavy atom. The van der Waals surface area contributed by atoms with Crippen LogP contribution in [0.5, 0.6) is 0 Å². The minimum atomic E-state index is -4.25. The average molecular weight is 357 g/mol. The van der Waals surface area contributed by atoms with Crippen LogP contribution in [0.3, 0.4) is 0 Å². The molecule has 0 saturated carbocycles. The number of halogens is 4. The van der Waals surface area contributed by atoms with Crippen molar-refractivity contribution in [1.29, 1.82) is 5.26 Å². The molecule has 0 aliphatic heterocycles. The van der Waals surface area contributed by atoms with Gasteiger partial charge in [-0.3, -0.25) is 0 Å². The monoisotopic (exact) mass is 357 g/mol. The van der Waals surface area contributed by atoms with Crippen LogP contribution in [0, 0.1) is 14.9 Å². The summed E-state index contributed by atoms with van der Waals surface area (Å²) in [7, 11) is 0. The van der Waals surface area contributed by atoms with Crippen LogP contribution in [0.15, 0.2) is 23.1 Å². The Morgan fingerprint density at radius 3 is 2.56 bits per heavy atom. The van der Waals surface area contributed by atoms with Gasteiger partial charge in [-0.25, -0.2) is 0 Å². The molecule has 0 bridgehead atoms. The largest absolute Gasteiger partial charge is 0.446 e. The fraction of sp³-hybridized carbons (Fsp3) is 0.300. The van der Waals surface area contributed by atoms with Crippen LogP contribution in [-0.4, -0.2) is 5.51 Å². The van der Waals surface area contributed by atoms with Gasteiger partial charge in [0.1, 0.15) is 0 Å². The molecule has 0 atom stereocenters. The summed E-state index contributed by atoms with van der Waals surface area (Å²) in [6, 6.07) is 6.58. The highest BCUT2D eigenvalue weighted by atomic mass is 127. The van der Waals surface area contributed by atoms with E-state index in [9.17, 15) is 13.2 Å². The molecule has 0 aromatic heterocycles. The molecule has 16 heavy (non-hydrogen) atoms. The fourth-order valence-corrected chi connectivity index (χ4v) is 2.69. The van der Waals surface area contributed by atoms with Crippen molar-refractivity contribution in [2.24, 2.45) is 0 Å². The Labute approximate surface area is 109 Å². The Hall–Kier alpha value is -0.420. The zero-order chi connectivity index (χ0) is 12.2. The van der Waals surface area contributed by atoms with Gasteiger partial charge in [-0.2, -0.15) is 18.4 Å². The number of hydrogen-bond donors (Lipinski definition) is 0. The molecule has 0 spiro atoms. The molecule has 0 aliphatic carbocycles. The predicted molar refractivity (Wildman–Crippen MR) is 65.0 cm³/mol. The van der Waals surface area contributed by atoms with E-state index in [-0.39, 0.29) is 16.7 Å². The van der Waals surface area contributed by atoms with E-state index < -0.39 is 5.51 Å². The van der Waals surface area contributed by atoms with Crippen molar-refractivity contribution in [3.05, 3.63) is 27.3 Å². The van der Waals surface area contributed by atoms with Gasteiger partial charge >= 0.3 is 5.51 Å². The van der Waals surface area contributed by atoms with Crippen molar-refractivity contribution >= 4 is 34.4 Å². The number of aryl methyl sites for hydroxylation is 1. The van der Waals surface area contributed by atoms with Crippen LogP contribution in [0.2, 0.25) is 0 Å². The van der Waals surface area contributed by atoms with Gasteiger partial charge < -0.3 is 0 Å². The van der Waals surface area contributed by atoms with Crippen LogP contribution >= 0.6 is 34.4 Å². The lowest BCUT2D eigenvalue weighted by Gasteiger charge is -2.08. The number of nitrogens with zero attached hydrogens (tertiary/aromatic N) is 1. The Morgan fingerprint density at radius 2 is 2.06 bits per heavy atom. The van der Waals surface area contributed by atoms with E-state index in [1.165, 1.54) is 12.1 Å². The summed E-state index contributed by atoms with van der Waals surface area (Å²) in [6.07, 6.45) is 0.952. The van der Waals surface area contributed by atoms with Crippen LogP contribution < -0.4 is 0 Å². The molecule has 0 amide bonds. The molecule has 0 fully saturated rings. The van der Waals surface area contributed by atoms with E-state index in [1.54, 1.807) is 6.07 Å². The second-order valence-electron chi connectivity index (χ2n) is 2.96. The first-order valence-electron chi connectivity index (χ1n) is 4.33.